The second-order valence-electron chi connectivity index (χ2n) is 7.20. The molecule has 0 bridgehead atoms. The zero-order chi connectivity index (χ0) is 24.7. The fourth-order valence-electron chi connectivity index (χ4n) is 3.09. The van der Waals surface area contributed by atoms with Gasteiger partial charge in [-0.25, -0.2) is 9.18 Å². The van der Waals surface area contributed by atoms with Crippen molar-refractivity contribution in [2.24, 2.45) is 0 Å². The van der Waals surface area contributed by atoms with Crippen molar-refractivity contribution in [3.8, 4) is 0 Å². The Balaban J connectivity index is 1.71. The first-order valence-electron chi connectivity index (χ1n) is 10.1. The van der Waals surface area contributed by atoms with E-state index in [1.54, 1.807) is 30.3 Å². The standard InChI is InChI=1S/C24H20ClF4N3O2/c25-21(16-5-2-1-3-6-16)22(33)30-13-14-32(20-11-9-18(26)10-12-20)23(34)31-19-8-4-7-17(15-19)24(27,28)29/h1-12,15,21H,13-14H2,(H,30,33)(H,31,34). The minimum atomic E-state index is -4.57. The highest BCUT2D eigenvalue weighted by molar-refractivity contribution is 6.30. The highest BCUT2D eigenvalue weighted by Crippen LogP contribution is 2.31. The molecule has 3 rings (SSSR count). The molecule has 1 atom stereocenters. The van der Waals surface area contributed by atoms with Crippen molar-refractivity contribution in [2.45, 2.75) is 11.6 Å². The van der Waals surface area contributed by atoms with Gasteiger partial charge in [0.05, 0.1) is 5.56 Å². The van der Waals surface area contributed by atoms with E-state index in [0.717, 1.165) is 24.3 Å². The molecule has 10 heteroatoms. The highest BCUT2D eigenvalue weighted by Gasteiger charge is 2.30. The lowest BCUT2D eigenvalue weighted by Crippen LogP contribution is -2.41. The minimum Gasteiger partial charge on any atom is -0.353 e. The van der Waals surface area contributed by atoms with E-state index in [9.17, 15) is 27.2 Å². The Hall–Kier alpha value is -3.59. The summed E-state index contributed by atoms with van der Waals surface area (Å²) in [6.07, 6.45) is -4.57. The first-order chi connectivity index (χ1) is 16.1. The Labute approximate surface area is 198 Å². The molecule has 0 aliphatic rings. The summed E-state index contributed by atoms with van der Waals surface area (Å²) in [5.41, 5.74) is -0.106. The summed E-state index contributed by atoms with van der Waals surface area (Å²) in [5.74, 6) is -1.01. The number of hydrogen-bond donors (Lipinski definition) is 2. The predicted molar refractivity (Wildman–Crippen MR) is 122 cm³/mol. The Bertz CT molecular complexity index is 1130. The van der Waals surface area contributed by atoms with Crippen molar-refractivity contribution in [1.82, 2.24) is 5.32 Å². The number of urea groups is 1. The van der Waals surface area contributed by atoms with Gasteiger partial charge in [-0.1, -0.05) is 36.4 Å². The third kappa shape index (κ3) is 6.71. The topological polar surface area (TPSA) is 61.4 Å². The third-order valence-corrected chi connectivity index (χ3v) is 5.23. The van der Waals surface area contributed by atoms with E-state index in [0.29, 0.717) is 5.56 Å². The molecule has 178 valence electrons. The maximum absolute atomic E-state index is 13.4. The van der Waals surface area contributed by atoms with Crippen LogP contribution in [0.4, 0.5) is 33.7 Å². The summed E-state index contributed by atoms with van der Waals surface area (Å²) in [4.78, 5) is 26.4. The Morgan fingerprint density at radius 3 is 2.26 bits per heavy atom. The Kier molecular flexibility index (Phi) is 8.12. The quantitative estimate of drug-likeness (QED) is 0.314. The lowest BCUT2D eigenvalue weighted by molar-refractivity contribution is -0.137. The van der Waals surface area contributed by atoms with Gasteiger partial charge in [-0.2, -0.15) is 13.2 Å². The van der Waals surface area contributed by atoms with Crippen LogP contribution in [-0.4, -0.2) is 25.0 Å². The maximum Gasteiger partial charge on any atom is 0.416 e. The van der Waals surface area contributed by atoms with Crippen molar-refractivity contribution in [1.29, 1.82) is 0 Å². The number of hydrogen-bond acceptors (Lipinski definition) is 2. The van der Waals surface area contributed by atoms with E-state index in [2.05, 4.69) is 10.6 Å². The number of nitrogens with zero attached hydrogens (tertiary/aromatic N) is 1. The number of carbonyl (C=O) groups is 2. The predicted octanol–water partition coefficient (Wildman–Crippen LogP) is 5.98. The summed E-state index contributed by atoms with van der Waals surface area (Å²) in [6.45, 7) is -0.0666. The number of carbonyl (C=O) groups excluding carboxylic acids is 2. The van der Waals surface area contributed by atoms with Crippen LogP contribution in [-0.2, 0) is 11.0 Å². The maximum atomic E-state index is 13.4. The average Bonchev–Trinajstić information content (AvgIpc) is 2.82. The van der Waals surface area contributed by atoms with E-state index in [-0.39, 0.29) is 24.5 Å². The number of anilines is 2. The van der Waals surface area contributed by atoms with Crippen molar-refractivity contribution in [3.05, 3.63) is 95.8 Å². The fourth-order valence-corrected chi connectivity index (χ4v) is 3.31. The number of nitrogens with one attached hydrogen (secondary N) is 2. The molecule has 3 amide bonds. The number of alkyl halides is 4. The molecule has 0 aliphatic carbocycles. The van der Waals surface area contributed by atoms with E-state index < -0.39 is 34.9 Å². The molecule has 0 spiro atoms. The molecule has 3 aromatic carbocycles. The van der Waals surface area contributed by atoms with Gasteiger partial charge in [0.2, 0.25) is 5.91 Å². The van der Waals surface area contributed by atoms with Gasteiger partial charge >= 0.3 is 12.2 Å². The van der Waals surface area contributed by atoms with Crippen LogP contribution >= 0.6 is 11.6 Å². The first kappa shape index (κ1) is 25.0. The lowest BCUT2D eigenvalue weighted by Gasteiger charge is -2.24. The van der Waals surface area contributed by atoms with Crippen LogP contribution in [0.5, 0.6) is 0 Å². The van der Waals surface area contributed by atoms with E-state index >= 15 is 0 Å². The van der Waals surface area contributed by atoms with E-state index in [4.69, 9.17) is 11.6 Å². The van der Waals surface area contributed by atoms with Gasteiger partial charge in [0, 0.05) is 24.5 Å². The minimum absolute atomic E-state index is 0.0116. The summed E-state index contributed by atoms with van der Waals surface area (Å²) in [6, 6.07) is 17.1. The number of halogens is 5. The molecule has 0 saturated heterocycles. The zero-order valence-corrected chi connectivity index (χ0v) is 18.4. The molecular formula is C24H20ClF4N3O2. The number of rotatable bonds is 7. The van der Waals surface area contributed by atoms with Gasteiger partial charge in [0.25, 0.3) is 0 Å². The summed E-state index contributed by atoms with van der Waals surface area (Å²) in [7, 11) is 0. The molecule has 34 heavy (non-hydrogen) atoms. The Morgan fingerprint density at radius 1 is 0.941 bits per heavy atom. The summed E-state index contributed by atoms with van der Waals surface area (Å²) in [5, 5.41) is 4.09. The molecule has 2 N–H and O–H groups in total. The smallest absolute Gasteiger partial charge is 0.353 e. The molecule has 0 fully saturated rings. The van der Waals surface area contributed by atoms with Gasteiger partial charge in [-0.15, -0.1) is 11.6 Å². The normalized spacial score (nSPS) is 12.0. The van der Waals surface area contributed by atoms with Gasteiger partial charge in [-0.05, 0) is 48.0 Å². The van der Waals surface area contributed by atoms with E-state index in [1.165, 1.54) is 29.2 Å². The third-order valence-electron chi connectivity index (χ3n) is 4.78. The molecule has 0 heterocycles. The van der Waals surface area contributed by atoms with Crippen LogP contribution < -0.4 is 15.5 Å². The second-order valence-corrected chi connectivity index (χ2v) is 7.64. The second kappa shape index (κ2) is 11.0. The van der Waals surface area contributed by atoms with Crippen LogP contribution in [0, 0.1) is 5.82 Å². The largest absolute Gasteiger partial charge is 0.416 e. The average molecular weight is 494 g/mol. The monoisotopic (exact) mass is 493 g/mol. The molecule has 0 radical (unpaired) electrons. The molecule has 5 nitrogen and oxygen atoms in total. The fraction of sp³-hybridized carbons (Fsp3) is 0.167. The van der Waals surface area contributed by atoms with Crippen LogP contribution in [0.3, 0.4) is 0 Å². The molecule has 0 saturated carbocycles. The molecule has 0 aliphatic heterocycles. The Morgan fingerprint density at radius 2 is 1.62 bits per heavy atom. The molecule has 0 aromatic heterocycles. The van der Waals surface area contributed by atoms with Crippen LogP contribution in [0.25, 0.3) is 0 Å². The highest BCUT2D eigenvalue weighted by atomic mass is 35.5. The molecule has 3 aromatic rings. The number of benzene rings is 3. The van der Waals surface area contributed by atoms with Crippen LogP contribution in [0.1, 0.15) is 16.5 Å². The summed E-state index contributed by atoms with van der Waals surface area (Å²) >= 11 is 6.19. The summed E-state index contributed by atoms with van der Waals surface area (Å²) < 4.78 is 52.3. The van der Waals surface area contributed by atoms with Crippen LogP contribution in [0.2, 0.25) is 0 Å². The van der Waals surface area contributed by atoms with Gasteiger partial charge in [-0.3, -0.25) is 9.69 Å². The van der Waals surface area contributed by atoms with Crippen LogP contribution in [0.15, 0.2) is 78.9 Å². The molecular weight excluding hydrogens is 474 g/mol. The zero-order valence-electron chi connectivity index (χ0n) is 17.7. The van der Waals surface area contributed by atoms with Crippen molar-refractivity contribution in [2.75, 3.05) is 23.3 Å². The van der Waals surface area contributed by atoms with E-state index in [1.807, 2.05) is 0 Å². The van der Waals surface area contributed by atoms with Crippen molar-refractivity contribution >= 4 is 34.9 Å². The van der Waals surface area contributed by atoms with Crippen molar-refractivity contribution in [3.63, 3.8) is 0 Å². The molecule has 1 unspecified atom stereocenters. The van der Waals surface area contributed by atoms with Gasteiger partial charge < -0.3 is 10.6 Å². The lowest BCUT2D eigenvalue weighted by atomic mass is 10.1. The van der Waals surface area contributed by atoms with Gasteiger partial charge in [0.1, 0.15) is 11.2 Å². The SMILES string of the molecule is O=C(NCCN(C(=O)Nc1cccc(C(F)(F)F)c1)c1ccc(F)cc1)C(Cl)c1ccccc1. The van der Waals surface area contributed by atoms with Crippen molar-refractivity contribution < 1.29 is 27.2 Å². The first-order valence-corrected chi connectivity index (χ1v) is 10.6. The number of amides is 3. The van der Waals surface area contributed by atoms with Gasteiger partial charge in [0.15, 0.2) is 0 Å².